The Morgan fingerprint density at radius 3 is 2.45 bits per heavy atom. The van der Waals surface area contributed by atoms with Gasteiger partial charge in [0.05, 0.1) is 13.7 Å². The van der Waals surface area contributed by atoms with Crippen molar-refractivity contribution in [2.45, 2.75) is 31.8 Å². The molecule has 0 aliphatic carbocycles. The number of urea groups is 1. The molecule has 1 aliphatic rings. The summed E-state index contributed by atoms with van der Waals surface area (Å²) in [5.41, 5.74) is 1.16. The average molecular weight is 388 g/mol. The minimum absolute atomic E-state index is 0.177. The van der Waals surface area contributed by atoms with Crippen LogP contribution in [0.3, 0.4) is 0 Å². The lowest BCUT2D eigenvalue weighted by molar-refractivity contribution is -0.131. The standard InChI is InChI=1S/C24H24N2O3/c1-24(15-14-17-10-12-20(29-2)13-11-17)22(27)26(23(28)25-24)16-19-8-5-7-18-6-3-4-9-21(18)19/h3-13H,14-16H2,1-2H3,(H,25,28)/t24-/m0/s1. The van der Waals surface area contributed by atoms with Crippen molar-refractivity contribution in [3.05, 3.63) is 77.9 Å². The van der Waals surface area contributed by atoms with Crippen molar-refractivity contribution in [2.75, 3.05) is 7.11 Å². The molecule has 5 heteroatoms. The Balaban J connectivity index is 1.50. The zero-order valence-electron chi connectivity index (χ0n) is 16.6. The van der Waals surface area contributed by atoms with Crippen molar-refractivity contribution < 1.29 is 14.3 Å². The summed E-state index contributed by atoms with van der Waals surface area (Å²) in [5.74, 6) is 0.621. The monoisotopic (exact) mass is 388 g/mol. The van der Waals surface area contributed by atoms with Crippen molar-refractivity contribution in [3.8, 4) is 5.75 Å². The van der Waals surface area contributed by atoms with Gasteiger partial charge in [-0.15, -0.1) is 0 Å². The van der Waals surface area contributed by atoms with Crippen LogP contribution in [0, 0.1) is 0 Å². The Morgan fingerprint density at radius 2 is 1.69 bits per heavy atom. The summed E-state index contributed by atoms with van der Waals surface area (Å²) in [6.07, 6.45) is 1.23. The first-order chi connectivity index (χ1) is 14.0. The Labute approximate surface area is 170 Å². The van der Waals surface area contributed by atoms with E-state index in [-0.39, 0.29) is 18.5 Å². The van der Waals surface area contributed by atoms with E-state index in [1.165, 1.54) is 4.90 Å². The third kappa shape index (κ3) is 3.68. The summed E-state index contributed by atoms with van der Waals surface area (Å²) in [5, 5.41) is 5.06. The second-order valence-corrected chi connectivity index (χ2v) is 7.64. The highest BCUT2D eigenvalue weighted by molar-refractivity contribution is 6.07. The van der Waals surface area contributed by atoms with Crippen LogP contribution in [0.5, 0.6) is 5.75 Å². The molecule has 1 heterocycles. The highest BCUT2D eigenvalue weighted by atomic mass is 16.5. The molecule has 3 amide bonds. The van der Waals surface area contributed by atoms with E-state index < -0.39 is 5.54 Å². The van der Waals surface area contributed by atoms with Crippen molar-refractivity contribution in [3.63, 3.8) is 0 Å². The molecule has 5 nitrogen and oxygen atoms in total. The third-order valence-electron chi connectivity index (χ3n) is 5.63. The summed E-state index contributed by atoms with van der Waals surface area (Å²) in [4.78, 5) is 27.1. The summed E-state index contributed by atoms with van der Waals surface area (Å²) < 4.78 is 5.18. The maximum Gasteiger partial charge on any atom is 0.325 e. The lowest BCUT2D eigenvalue weighted by Gasteiger charge is -2.22. The van der Waals surface area contributed by atoms with Gasteiger partial charge < -0.3 is 10.1 Å². The van der Waals surface area contributed by atoms with Crippen LogP contribution >= 0.6 is 0 Å². The zero-order valence-corrected chi connectivity index (χ0v) is 16.6. The smallest absolute Gasteiger partial charge is 0.325 e. The van der Waals surface area contributed by atoms with Gasteiger partial charge in [0.1, 0.15) is 11.3 Å². The molecule has 0 aromatic heterocycles. The average Bonchev–Trinajstić information content (AvgIpc) is 2.96. The third-order valence-corrected chi connectivity index (χ3v) is 5.63. The number of amides is 3. The number of benzene rings is 3. The van der Waals surface area contributed by atoms with Crippen LogP contribution in [0.2, 0.25) is 0 Å². The number of nitrogens with zero attached hydrogens (tertiary/aromatic N) is 1. The molecule has 0 unspecified atom stereocenters. The molecule has 1 N–H and O–H groups in total. The Morgan fingerprint density at radius 1 is 0.966 bits per heavy atom. The zero-order chi connectivity index (χ0) is 20.4. The fraction of sp³-hybridized carbons (Fsp3) is 0.250. The lowest BCUT2D eigenvalue weighted by atomic mass is 9.93. The first-order valence-corrected chi connectivity index (χ1v) is 9.74. The van der Waals surface area contributed by atoms with Gasteiger partial charge in [-0.1, -0.05) is 54.6 Å². The minimum Gasteiger partial charge on any atom is -0.497 e. The number of nitrogens with one attached hydrogen (secondary N) is 1. The number of hydrogen-bond acceptors (Lipinski definition) is 3. The van der Waals surface area contributed by atoms with Crippen molar-refractivity contribution in [1.29, 1.82) is 0 Å². The van der Waals surface area contributed by atoms with Crippen LogP contribution in [0.4, 0.5) is 4.79 Å². The predicted octanol–water partition coefficient (Wildman–Crippen LogP) is 4.29. The Bertz CT molecular complexity index is 1060. The molecule has 3 aromatic rings. The van der Waals surface area contributed by atoms with Crippen LogP contribution in [-0.2, 0) is 17.8 Å². The van der Waals surface area contributed by atoms with Crippen LogP contribution in [0.15, 0.2) is 66.7 Å². The first kappa shape index (κ1) is 19.0. The highest BCUT2D eigenvalue weighted by Crippen LogP contribution is 2.27. The second-order valence-electron chi connectivity index (χ2n) is 7.64. The van der Waals surface area contributed by atoms with Gasteiger partial charge in [0.15, 0.2) is 0 Å². The number of aryl methyl sites for hydroxylation is 1. The summed E-state index contributed by atoms with van der Waals surface area (Å²) >= 11 is 0. The van der Waals surface area contributed by atoms with Gasteiger partial charge >= 0.3 is 6.03 Å². The van der Waals surface area contributed by atoms with Gasteiger partial charge in [0, 0.05) is 0 Å². The van der Waals surface area contributed by atoms with Crippen molar-refractivity contribution >= 4 is 22.7 Å². The molecule has 148 valence electrons. The molecule has 29 heavy (non-hydrogen) atoms. The number of methoxy groups -OCH3 is 1. The molecular weight excluding hydrogens is 364 g/mol. The van der Waals surface area contributed by atoms with Crippen LogP contribution < -0.4 is 10.1 Å². The number of rotatable bonds is 6. The Hall–Kier alpha value is -3.34. The lowest BCUT2D eigenvalue weighted by Crippen LogP contribution is -2.44. The summed E-state index contributed by atoms with van der Waals surface area (Å²) in [7, 11) is 1.63. The first-order valence-electron chi connectivity index (χ1n) is 9.74. The summed E-state index contributed by atoms with van der Waals surface area (Å²) in [6.45, 7) is 2.07. The molecule has 1 saturated heterocycles. The molecule has 0 saturated carbocycles. The van der Waals surface area contributed by atoms with Gasteiger partial charge in [-0.05, 0) is 53.8 Å². The van der Waals surface area contributed by atoms with E-state index in [0.717, 1.165) is 27.6 Å². The number of ether oxygens (including phenoxy) is 1. The summed E-state index contributed by atoms with van der Waals surface area (Å²) in [6, 6.07) is 21.4. The second kappa shape index (κ2) is 7.59. The van der Waals surface area contributed by atoms with E-state index in [0.29, 0.717) is 12.8 Å². The molecular formula is C24H24N2O3. The molecule has 1 fully saturated rings. The number of hydrogen-bond donors (Lipinski definition) is 1. The van der Waals surface area contributed by atoms with Gasteiger partial charge in [-0.2, -0.15) is 0 Å². The Kier molecular flexibility index (Phi) is 4.97. The number of carbonyl (C=O) groups is 2. The van der Waals surface area contributed by atoms with Gasteiger partial charge in [0.2, 0.25) is 0 Å². The molecule has 0 radical (unpaired) electrons. The fourth-order valence-electron chi connectivity index (χ4n) is 3.85. The van der Waals surface area contributed by atoms with Crippen LogP contribution in [0.1, 0.15) is 24.5 Å². The van der Waals surface area contributed by atoms with Crippen LogP contribution in [-0.4, -0.2) is 29.5 Å². The topological polar surface area (TPSA) is 58.6 Å². The quantitative estimate of drug-likeness (QED) is 0.641. The predicted molar refractivity (Wildman–Crippen MR) is 113 cm³/mol. The van der Waals surface area contributed by atoms with Crippen molar-refractivity contribution in [1.82, 2.24) is 10.2 Å². The SMILES string of the molecule is COc1ccc(CC[C@]2(C)NC(=O)N(Cc3cccc4ccccc34)C2=O)cc1. The number of imide groups is 1. The van der Waals surface area contributed by atoms with E-state index in [1.54, 1.807) is 14.0 Å². The molecule has 3 aromatic carbocycles. The maximum absolute atomic E-state index is 13.1. The van der Waals surface area contributed by atoms with E-state index in [9.17, 15) is 9.59 Å². The highest BCUT2D eigenvalue weighted by Gasteiger charge is 2.47. The molecule has 1 aliphatic heterocycles. The molecule has 1 atom stereocenters. The largest absolute Gasteiger partial charge is 0.497 e. The van der Waals surface area contributed by atoms with E-state index >= 15 is 0 Å². The van der Waals surface area contributed by atoms with Gasteiger partial charge in [-0.25, -0.2) is 4.79 Å². The fourth-order valence-corrected chi connectivity index (χ4v) is 3.85. The molecule has 4 rings (SSSR count). The van der Waals surface area contributed by atoms with E-state index in [2.05, 4.69) is 5.32 Å². The normalized spacial score (nSPS) is 18.9. The van der Waals surface area contributed by atoms with Crippen molar-refractivity contribution in [2.24, 2.45) is 0 Å². The molecule has 0 bridgehead atoms. The molecule has 0 spiro atoms. The number of carbonyl (C=O) groups excluding carboxylic acids is 2. The minimum atomic E-state index is -0.901. The van der Waals surface area contributed by atoms with E-state index in [4.69, 9.17) is 4.74 Å². The van der Waals surface area contributed by atoms with Gasteiger partial charge in [-0.3, -0.25) is 9.69 Å². The number of fused-ring (bicyclic) bond motifs is 1. The van der Waals surface area contributed by atoms with E-state index in [1.807, 2.05) is 66.7 Å². The van der Waals surface area contributed by atoms with Gasteiger partial charge in [0.25, 0.3) is 5.91 Å². The maximum atomic E-state index is 13.1. The van der Waals surface area contributed by atoms with Crippen LogP contribution in [0.25, 0.3) is 10.8 Å².